The van der Waals surface area contributed by atoms with Gasteiger partial charge in [0.25, 0.3) is 0 Å². The van der Waals surface area contributed by atoms with E-state index in [2.05, 4.69) is 0 Å². The van der Waals surface area contributed by atoms with Crippen molar-refractivity contribution >= 4 is 0 Å². The second-order valence-electron chi connectivity index (χ2n) is 2.89. The molecular weight excluding hydrogens is 152 g/mol. The Morgan fingerprint density at radius 3 is 3.17 bits per heavy atom. The van der Waals surface area contributed by atoms with Crippen LogP contribution >= 0.6 is 0 Å². The lowest BCUT2D eigenvalue weighted by Gasteiger charge is -2.18. The second kappa shape index (κ2) is 3.05. The molecular formula is C10H12O2. The Bertz CT molecular complexity index is 267. The van der Waals surface area contributed by atoms with Crippen molar-refractivity contribution in [2.24, 2.45) is 0 Å². The van der Waals surface area contributed by atoms with Gasteiger partial charge in [0.15, 0.2) is 0 Å². The van der Waals surface area contributed by atoms with Crippen LogP contribution in [0, 0.1) is 0 Å². The van der Waals surface area contributed by atoms with Crippen LogP contribution in [0.3, 0.4) is 0 Å². The van der Waals surface area contributed by atoms with Crippen molar-refractivity contribution < 1.29 is 9.47 Å². The molecule has 1 aromatic carbocycles. The van der Waals surface area contributed by atoms with Crippen molar-refractivity contribution in [2.75, 3.05) is 13.7 Å². The van der Waals surface area contributed by atoms with Gasteiger partial charge < -0.3 is 9.47 Å². The molecule has 0 aliphatic carbocycles. The fourth-order valence-electron chi connectivity index (χ4n) is 1.55. The Kier molecular flexibility index (Phi) is 1.90. The summed E-state index contributed by atoms with van der Waals surface area (Å²) in [6.45, 7) is 0.833. The molecule has 0 saturated heterocycles. The first kappa shape index (κ1) is 7.47. The highest BCUT2D eigenvalue weighted by Gasteiger charge is 2.13. The predicted molar refractivity (Wildman–Crippen MR) is 46.8 cm³/mol. The predicted octanol–water partition coefficient (Wildman–Crippen LogP) is 2.02. The molecule has 0 N–H and O–H groups in total. The van der Waals surface area contributed by atoms with E-state index in [0.29, 0.717) is 0 Å². The fourth-order valence-corrected chi connectivity index (χ4v) is 1.55. The second-order valence-corrected chi connectivity index (χ2v) is 2.89. The average molecular weight is 164 g/mol. The molecule has 1 heterocycles. The summed E-state index contributed by atoms with van der Waals surface area (Å²) in [5.41, 5.74) is 1.21. The van der Waals surface area contributed by atoms with Crippen molar-refractivity contribution in [3.8, 4) is 11.5 Å². The summed E-state index contributed by atoms with van der Waals surface area (Å²) in [6, 6.07) is 5.94. The van der Waals surface area contributed by atoms with Gasteiger partial charge in [0, 0.05) is 5.56 Å². The Morgan fingerprint density at radius 1 is 1.42 bits per heavy atom. The van der Waals surface area contributed by atoms with Crippen LogP contribution in [0.4, 0.5) is 0 Å². The normalized spacial score (nSPS) is 14.8. The van der Waals surface area contributed by atoms with Crippen molar-refractivity contribution in [1.29, 1.82) is 0 Å². The minimum absolute atomic E-state index is 0.833. The summed E-state index contributed by atoms with van der Waals surface area (Å²) in [4.78, 5) is 0. The van der Waals surface area contributed by atoms with Crippen LogP contribution in [0.1, 0.15) is 12.0 Å². The van der Waals surface area contributed by atoms with Gasteiger partial charge in [-0.15, -0.1) is 0 Å². The van der Waals surface area contributed by atoms with E-state index in [1.165, 1.54) is 5.56 Å². The monoisotopic (exact) mass is 164 g/mol. The molecule has 12 heavy (non-hydrogen) atoms. The van der Waals surface area contributed by atoms with Gasteiger partial charge in [0.05, 0.1) is 13.7 Å². The molecule has 2 heteroatoms. The number of hydrogen-bond acceptors (Lipinski definition) is 2. The summed E-state index contributed by atoms with van der Waals surface area (Å²) >= 11 is 0. The molecule has 0 saturated carbocycles. The molecule has 1 aliphatic heterocycles. The summed E-state index contributed by atoms with van der Waals surface area (Å²) in [5.74, 6) is 1.94. The van der Waals surface area contributed by atoms with Crippen LogP contribution in [0.2, 0.25) is 0 Å². The average Bonchev–Trinajstić information content (AvgIpc) is 2.17. The lowest BCUT2D eigenvalue weighted by Crippen LogP contribution is -2.09. The summed E-state index contributed by atoms with van der Waals surface area (Å²) in [7, 11) is 1.70. The van der Waals surface area contributed by atoms with Gasteiger partial charge in [0.1, 0.15) is 11.5 Å². The first-order valence-corrected chi connectivity index (χ1v) is 4.20. The number of fused-ring (bicyclic) bond motifs is 1. The molecule has 0 bridgehead atoms. The minimum atomic E-state index is 0.833. The van der Waals surface area contributed by atoms with Crippen molar-refractivity contribution in [3.05, 3.63) is 23.8 Å². The van der Waals surface area contributed by atoms with Gasteiger partial charge in [0.2, 0.25) is 0 Å². The number of ether oxygens (including phenoxy) is 2. The topological polar surface area (TPSA) is 18.5 Å². The van der Waals surface area contributed by atoms with E-state index in [4.69, 9.17) is 9.47 Å². The lowest BCUT2D eigenvalue weighted by atomic mass is 10.1. The highest BCUT2D eigenvalue weighted by atomic mass is 16.5. The first-order chi connectivity index (χ1) is 5.92. The number of rotatable bonds is 1. The molecule has 2 rings (SSSR count). The van der Waals surface area contributed by atoms with E-state index >= 15 is 0 Å². The Hall–Kier alpha value is -1.18. The zero-order valence-corrected chi connectivity index (χ0v) is 7.17. The van der Waals surface area contributed by atoms with E-state index in [-0.39, 0.29) is 0 Å². The maximum atomic E-state index is 5.49. The third kappa shape index (κ3) is 1.13. The third-order valence-electron chi connectivity index (χ3n) is 2.14. The summed E-state index contributed by atoms with van der Waals surface area (Å²) < 4.78 is 10.7. The molecule has 2 nitrogen and oxygen atoms in total. The molecule has 0 radical (unpaired) electrons. The number of benzene rings is 1. The van der Waals surface area contributed by atoms with Crippen LogP contribution in [0.25, 0.3) is 0 Å². The van der Waals surface area contributed by atoms with Gasteiger partial charge in [-0.25, -0.2) is 0 Å². The van der Waals surface area contributed by atoms with Crippen molar-refractivity contribution in [3.63, 3.8) is 0 Å². The van der Waals surface area contributed by atoms with Gasteiger partial charge in [-0.2, -0.15) is 0 Å². The summed E-state index contributed by atoms with van der Waals surface area (Å²) in [5, 5.41) is 0. The van der Waals surface area contributed by atoms with Gasteiger partial charge in [-0.3, -0.25) is 0 Å². The van der Waals surface area contributed by atoms with Gasteiger partial charge in [-0.1, -0.05) is 6.07 Å². The fraction of sp³-hybridized carbons (Fsp3) is 0.400. The van der Waals surface area contributed by atoms with Crippen LogP contribution in [-0.2, 0) is 6.42 Å². The standard InChI is InChI=1S/C10H12O2/c1-11-9-5-2-6-10-8(9)4-3-7-12-10/h2,5-6H,3-4,7H2,1H3. The molecule has 0 unspecified atom stereocenters. The number of methoxy groups -OCH3 is 1. The van der Waals surface area contributed by atoms with E-state index in [1.54, 1.807) is 7.11 Å². The molecule has 64 valence electrons. The van der Waals surface area contributed by atoms with E-state index in [0.717, 1.165) is 30.9 Å². The minimum Gasteiger partial charge on any atom is -0.496 e. The van der Waals surface area contributed by atoms with Crippen molar-refractivity contribution in [2.45, 2.75) is 12.8 Å². The molecule has 1 aromatic rings. The van der Waals surface area contributed by atoms with Gasteiger partial charge in [-0.05, 0) is 25.0 Å². The quantitative estimate of drug-likeness (QED) is 0.632. The lowest BCUT2D eigenvalue weighted by molar-refractivity contribution is 0.282. The molecule has 0 fully saturated rings. The number of hydrogen-bond donors (Lipinski definition) is 0. The first-order valence-electron chi connectivity index (χ1n) is 4.20. The van der Waals surface area contributed by atoms with Crippen molar-refractivity contribution in [1.82, 2.24) is 0 Å². The molecule has 0 amide bonds. The Balaban J connectivity index is 2.44. The maximum Gasteiger partial charge on any atom is 0.126 e. The zero-order valence-electron chi connectivity index (χ0n) is 7.17. The summed E-state index contributed by atoms with van der Waals surface area (Å²) in [6.07, 6.45) is 2.16. The molecule has 0 spiro atoms. The van der Waals surface area contributed by atoms with Crippen LogP contribution in [0.15, 0.2) is 18.2 Å². The molecule has 1 aliphatic rings. The Morgan fingerprint density at radius 2 is 2.33 bits per heavy atom. The highest BCUT2D eigenvalue weighted by molar-refractivity contribution is 5.45. The maximum absolute atomic E-state index is 5.49. The van der Waals surface area contributed by atoms with Crippen LogP contribution in [0.5, 0.6) is 11.5 Å². The van der Waals surface area contributed by atoms with Crippen LogP contribution < -0.4 is 9.47 Å². The van der Waals surface area contributed by atoms with Gasteiger partial charge >= 0.3 is 0 Å². The molecule has 0 aromatic heterocycles. The smallest absolute Gasteiger partial charge is 0.126 e. The molecule has 0 atom stereocenters. The van der Waals surface area contributed by atoms with E-state index in [9.17, 15) is 0 Å². The third-order valence-corrected chi connectivity index (χ3v) is 2.14. The Labute approximate surface area is 72.1 Å². The highest BCUT2D eigenvalue weighted by Crippen LogP contribution is 2.32. The van der Waals surface area contributed by atoms with E-state index < -0.39 is 0 Å². The van der Waals surface area contributed by atoms with E-state index in [1.807, 2.05) is 18.2 Å². The zero-order chi connectivity index (χ0) is 8.39. The SMILES string of the molecule is COc1cccc2c1CCCO2. The van der Waals surface area contributed by atoms with Crippen LogP contribution in [-0.4, -0.2) is 13.7 Å². The largest absolute Gasteiger partial charge is 0.496 e.